The normalized spacial score (nSPS) is 22.7. The molecule has 1 aliphatic carbocycles. The number of carbonyl (C=O) groups is 1. The molecule has 0 bridgehead atoms. The zero-order valence-electron chi connectivity index (χ0n) is 13.9. The van der Waals surface area contributed by atoms with E-state index in [0.717, 1.165) is 5.46 Å². The lowest BCUT2D eigenvalue weighted by atomic mass is 9.77. The van der Waals surface area contributed by atoms with Crippen molar-refractivity contribution in [2.24, 2.45) is 0 Å². The van der Waals surface area contributed by atoms with Crippen LogP contribution in [0.5, 0.6) is 0 Å². The SMILES string of the molecule is COC(=O)c1cc(B2OC(C)(C)C(C)(C)O2)cc(C2CC2)c1. The smallest absolute Gasteiger partial charge is 0.465 e. The van der Waals surface area contributed by atoms with E-state index in [9.17, 15) is 4.79 Å². The van der Waals surface area contributed by atoms with Crippen LogP contribution in [-0.4, -0.2) is 31.4 Å². The number of rotatable bonds is 3. The lowest BCUT2D eigenvalue weighted by Crippen LogP contribution is -2.41. The molecule has 1 aromatic carbocycles. The summed E-state index contributed by atoms with van der Waals surface area (Å²) < 4.78 is 17.1. The number of benzene rings is 1. The molecule has 3 rings (SSSR count). The summed E-state index contributed by atoms with van der Waals surface area (Å²) in [6.07, 6.45) is 2.35. The lowest BCUT2D eigenvalue weighted by Gasteiger charge is -2.32. The monoisotopic (exact) mass is 302 g/mol. The van der Waals surface area contributed by atoms with Crippen LogP contribution in [0.3, 0.4) is 0 Å². The van der Waals surface area contributed by atoms with Gasteiger partial charge in [-0.3, -0.25) is 0 Å². The molecular weight excluding hydrogens is 279 g/mol. The highest BCUT2D eigenvalue weighted by Crippen LogP contribution is 2.41. The van der Waals surface area contributed by atoms with Crippen molar-refractivity contribution < 1.29 is 18.8 Å². The average molecular weight is 302 g/mol. The van der Waals surface area contributed by atoms with Gasteiger partial charge in [-0.15, -0.1) is 0 Å². The van der Waals surface area contributed by atoms with Gasteiger partial charge < -0.3 is 14.0 Å². The van der Waals surface area contributed by atoms with Crippen LogP contribution >= 0.6 is 0 Å². The van der Waals surface area contributed by atoms with Crippen molar-refractivity contribution in [3.05, 3.63) is 29.3 Å². The Hall–Kier alpha value is -1.33. The Labute approximate surface area is 132 Å². The molecule has 2 fully saturated rings. The Morgan fingerprint density at radius 3 is 2.23 bits per heavy atom. The van der Waals surface area contributed by atoms with Crippen LogP contribution in [0.25, 0.3) is 0 Å². The summed E-state index contributed by atoms with van der Waals surface area (Å²) in [6.45, 7) is 8.11. The minimum Gasteiger partial charge on any atom is -0.465 e. The Kier molecular flexibility index (Phi) is 3.61. The van der Waals surface area contributed by atoms with E-state index in [1.807, 2.05) is 39.8 Å². The largest absolute Gasteiger partial charge is 0.494 e. The maximum atomic E-state index is 11.9. The van der Waals surface area contributed by atoms with E-state index in [2.05, 4.69) is 6.07 Å². The van der Waals surface area contributed by atoms with E-state index in [1.54, 1.807) is 0 Å². The number of esters is 1. The van der Waals surface area contributed by atoms with Gasteiger partial charge in [0.05, 0.1) is 23.9 Å². The summed E-state index contributed by atoms with van der Waals surface area (Å²) in [6, 6.07) is 5.85. The molecule has 1 saturated heterocycles. The minimum atomic E-state index is -0.452. The highest BCUT2D eigenvalue weighted by molar-refractivity contribution is 6.62. The number of ether oxygens (including phenoxy) is 1. The molecule has 1 aromatic rings. The van der Waals surface area contributed by atoms with Crippen LogP contribution < -0.4 is 5.46 Å². The molecule has 118 valence electrons. The molecule has 0 spiro atoms. The van der Waals surface area contributed by atoms with Gasteiger partial charge in [0, 0.05) is 0 Å². The van der Waals surface area contributed by atoms with Gasteiger partial charge >= 0.3 is 13.1 Å². The van der Waals surface area contributed by atoms with Crippen LogP contribution in [0.15, 0.2) is 18.2 Å². The third-order valence-electron chi connectivity index (χ3n) is 4.97. The number of hydrogen-bond acceptors (Lipinski definition) is 4. The molecule has 1 saturated carbocycles. The molecule has 5 heteroatoms. The molecule has 1 aliphatic heterocycles. The Bertz CT molecular complexity index is 589. The van der Waals surface area contributed by atoms with E-state index >= 15 is 0 Å². The fourth-order valence-electron chi connectivity index (χ4n) is 2.68. The van der Waals surface area contributed by atoms with Gasteiger partial charge in [-0.1, -0.05) is 6.07 Å². The van der Waals surface area contributed by atoms with Gasteiger partial charge in [-0.2, -0.15) is 0 Å². The van der Waals surface area contributed by atoms with Gasteiger partial charge in [0.1, 0.15) is 0 Å². The van der Waals surface area contributed by atoms with Crippen LogP contribution in [0.4, 0.5) is 0 Å². The zero-order valence-corrected chi connectivity index (χ0v) is 13.9. The first-order valence-electron chi connectivity index (χ1n) is 7.82. The second-order valence-electron chi connectivity index (χ2n) is 7.24. The Morgan fingerprint density at radius 2 is 1.73 bits per heavy atom. The fraction of sp³-hybridized carbons (Fsp3) is 0.588. The fourth-order valence-corrected chi connectivity index (χ4v) is 2.68. The molecule has 1 heterocycles. The number of hydrogen-bond donors (Lipinski definition) is 0. The third-order valence-corrected chi connectivity index (χ3v) is 4.97. The summed E-state index contributed by atoms with van der Waals surface area (Å²) in [5.41, 5.74) is 1.85. The number of methoxy groups -OCH3 is 1. The first kappa shape index (κ1) is 15.6. The zero-order chi connectivity index (χ0) is 16.1. The average Bonchev–Trinajstić information content (AvgIpc) is 3.26. The lowest BCUT2D eigenvalue weighted by molar-refractivity contribution is 0.00578. The van der Waals surface area contributed by atoms with Crippen molar-refractivity contribution in [2.75, 3.05) is 7.11 Å². The van der Waals surface area contributed by atoms with Gasteiger partial charge in [-0.25, -0.2) is 4.79 Å². The quantitative estimate of drug-likeness (QED) is 0.636. The summed E-state index contributed by atoms with van der Waals surface area (Å²) in [7, 11) is 0.952. The summed E-state index contributed by atoms with van der Waals surface area (Å²) in [5.74, 6) is 0.228. The van der Waals surface area contributed by atoms with Crippen molar-refractivity contribution in [3.63, 3.8) is 0 Å². The number of carbonyl (C=O) groups excluding carboxylic acids is 1. The van der Waals surface area contributed by atoms with Crippen LogP contribution in [0, 0.1) is 0 Å². The van der Waals surface area contributed by atoms with Gasteiger partial charge in [0.25, 0.3) is 0 Å². The second kappa shape index (κ2) is 5.10. The summed E-state index contributed by atoms with van der Waals surface area (Å²) in [5, 5.41) is 0. The maximum Gasteiger partial charge on any atom is 0.494 e. The predicted octanol–water partition coefficient (Wildman–Crippen LogP) is 2.65. The van der Waals surface area contributed by atoms with Gasteiger partial charge in [-0.05, 0) is 69.6 Å². The molecule has 0 radical (unpaired) electrons. The first-order valence-corrected chi connectivity index (χ1v) is 7.82. The standard InChI is InChI=1S/C17H23BO4/c1-16(2)17(3,4)22-18(21-16)14-9-12(11-6-7-11)8-13(10-14)15(19)20-5/h8-11H,6-7H2,1-5H3. The molecule has 0 unspecified atom stereocenters. The predicted molar refractivity (Wildman–Crippen MR) is 85.5 cm³/mol. The van der Waals surface area contributed by atoms with E-state index in [4.69, 9.17) is 14.0 Å². The summed E-state index contributed by atoms with van der Waals surface area (Å²) >= 11 is 0. The minimum absolute atomic E-state index is 0.319. The van der Waals surface area contributed by atoms with Crippen LogP contribution in [0.2, 0.25) is 0 Å². The molecule has 0 atom stereocenters. The van der Waals surface area contributed by atoms with Crippen molar-refractivity contribution >= 4 is 18.6 Å². The second-order valence-corrected chi connectivity index (χ2v) is 7.24. The third kappa shape index (κ3) is 2.68. The van der Waals surface area contributed by atoms with E-state index in [1.165, 1.54) is 25.5 Å². The van der Waals surface area contributed by atoms with Crippen molar-refractivity contribution in [2.45, 2.75) is 57.7 Å². The van der Waals surface area contributed by atoms with Gasteiger partial charge in [0.15, 0.2) is 0 Å². The molecule has 4 nitrogen and oxygen atoms in total. The molecule has 0 N–H and O–H groups in total. The molecule has 2 aliphatic rings. The highest BCUT2D eigenvalue weighted by Gasteiger charge is 2.52. The highest BCUT2D eigenvalue weighted by atomic mass is 16.7. The van der Waals surface area contributed by atoms with Crippen molar-refractivity contribution in [1.29, 1.82) is 0 Å². The van der Waals surface area contributed by atoms with E-state index < -0.39 is 18.3 Å². The summed E-state index contributed by atoms with van der Waals surface area (Å²) in [4.78, 5) is 11.9. The van der Waals surface area contributed by atoms with E-state index in [-0.39, 0.29) is 5.97 Å². The van der Waals surface area contributed by atoms with Crippen LogP contribution in [-0.2, 0) is 14.0 Å². The topological polar surface area (TPSA) is 44.8 Å². The maximum absolute atomic E-state index is 11.9. The molecule has 0 amide bonds. The Balaban J connectivity index is 1.97. The van der Waals surface area contributed by atoms with E-state index in [0.29, 0.717) is 11.5 Å². The van der Waals surface area contributed by atoms with Crippen LogP contribution in [0.1, 0.15) is 62.4 Å². The molecule has 22 heavy (non-hydrogen) atoms. The molecule has 0 aromatic heterocycles. The van der Waals surface area contributed by atoms with Gasteiger partial charge in [0.2, 0.25) is 0 Å². The van der Waals surface area contributed by atoms with Crippen molar-refractivity contribution in [1.82, 2.24) is 0 Å². The van der Waals surface area contributed by atoms with Crippen molar-refractivity contribution in [3.8, 4) is 0 Å². The molecular formula is C17H23BO4. The Morgan fingerprint density at radius 1 is 1.14 bits per heavy atom. The first-order chi connectivity index (χ1) is 10.2.